The van der Waals surface area contributed by atoms with Gasteiger partial charge in [-0.15, -0.1) is 0 Å². The van der Waals surface area contributed by atoms with Gasteiger partial charge in [0, 0.05) is 12.5 Å². The molecule has 1 aromatic rings. The predicted molar refractivity (Wildman–Crippen MR) is 84.3 cm³/mol. The number of benzene rings is 1. The van der Waals surface area contributed by atoms with Crippen molar-refractivity contribution in [2.45, 2.75) is 32.6 Å². The van der Waals surface area contributed by atoms with Crippen LogP contribution in [0.3, 0.4) is 0 Å². The summed E-state index contributed by atoms with van der Waals surface area (Å²) in [7, 11) is 0. The van der Waals surface area contributed by atoms with Crippen LogP contribution < -0.4 is 10.5 Å². The summed E-state index contributed by atoms with van der Waals surface area (Å²) in [4.78, 5) is 13.6. The van der Waals surface area contributed by atoms with E-state index in [9.17, 15) is 4.79 Å². The molecule has 1 saturated heterocycles. The van der Waals surface area contributed by atoms with Crippen LogP contribution in [-0.2, 0) is 11.2 Å². The molecule has 1 atom stereocenters. The molecule has 4 heteroatoms. The lowest BCUT2D eigenvalue weighted by atomic mass is 10.0. The molecule has 1 aliphatic heterocycles. The van der Waals surface area contributed by atoms with Crippen molar-refractivity contribution in [2.75, 3.05) is 26.2 Å². The monoisotopic (exact) mass is 290 g/mol. The number of carbonyl (C=O) groups is 1. The van der Waals surface area contributed by atoms with E-state index >= 15 is 0 Å². The third kappa shape index (κ3) is 5.38. The second-order valence-electron chi connectivity index (χ2n) is 5.91. The molecule has 0 aromatic heterocycles. The maximum Gasteiger partial charge on any atom is 0.220 e. The van der Waals surface area contributed by atoms with Gasteiger partial charge in [-0.1, -0.05) is 25.5 Å². The van der Waals surface area contributed by atoms with E-state index in [1.54, 1.807) is 0 Å². The maximum absolute atomic E-state index is 11.1. The maximum atomic E-state index is 11.1. The van der Waals surface area contributed by atoms with Crippen molar-refractivity contribution in [1.82, 2.24) is 4.90 Å². The Hall–Kier alpha value is -1.55. The van der Waals surface area contributed by atoms with E-state index in [1.807, 2.05) is 31.2 Å². The van der Waals surface area contributed by atoms with Gasteiger partial charge in [0.25, 0.3) is 0 Å². The number of rotatable bonds is 7. The molecule has 0 bridgehead atoms. The molecule has 0 saturated carbocycles. The highest BCUT2D eigenvalue weighted by atomic mass is 16.5. The average Bonchev–Trinajstić information content (AvgIpc) is 2.48. The minimum absolute atomic E-state index is 0.145. The van der Waals surface area contributed by atoms with Gasteiger partial charge in [-0.05, 0) is 50.0 Å². The fourth-order valence-electron chi connectivity index (χ4n) is 2.69. The zero-order chi connectivity index (χ0) is 15.1. The Morgan fingerprint density at radius 2 is 2.10 bits per heavy atom. The Morgan fingerprint density at radius 3 is 2.81 bits per heavy atom. The minimum atomic E-state index is -0.258. The molecule has 2 N–H and O–H groups in total. The molecule has 1 fully saturated rings. The first kappa shape index (κ1) is 15.8. The van der Waals surface area contributed by atoms with Crippen molar-refractivity contribution < 1.29 is 9.53 Å². The number of carbonyl (C=O) groups excluding carboxylic acids is 1. The van der Waals surface area contributed by atoms with Gasteiger partial charge in [-0.25, -0.2) is 0 Å². The average molecular weight is 290 g/mol. The van der Waals surface area contributed by atoms with Crippen molar-refractivity contribution in [2.24, 2.45) is 11.7 Å². The van der Waals surface area contributed by atoms with Crippen molar-refractivity contribution in [3.63, 3.8) is 0 Å². The first-order chi connectivity index (χ1) is 10.1. The molecular weight excluding hydrogens is 264 g/mol. The van der Waals surface area contributed by atoms with Crippen LogP contribution in [0.25, 0.3) is 0 Å². The van der Waals surface area contributed by atoms with E-state index < -0.39 is 0 Å². The summed E-state index contributed by atoms with van der Waals surface area (Å²) in [6.07, 6.45) is 4.64. The smallest absolute Gasteiger partial charge is 0.220 e. The molecule has 1 amide bonds. The Morgan fingerprint density at radius 1 is 1.33 bits per heavy atom. The zero-order valence-electron chi connectivity index (χ0n) is 12.9. The third-order valence-electron chi connectivity index (χ3n) is 4.05. The Balaban J connectivity index is 1.79. The summed E-state index contributed by atoms with van der Waals surface area (Å²) in [5, 5.41) is 0. The molecule has 1 aliphatic rings. The molecule has 4 nitrogen and oxygen atoms in total. The summed E-state index contributed by atoms with van der Waals surface area (Å²) in [5.74, 6) is 0.473. The van der Waals surface area contributed by atoms with Gasteiger partial charge in [0.05, 0.1) is 0 Å². The number of nitrogens with two attached hydrogens (primary N) is 1. The Labute approximate surface area is 127 Å². The molecule has 0 radical (unpaired) electrons. The SMILES string of the molecule is CC(Cc1cccc(OCCN2CCCCC2)c1)C(N)=O. The molecule has 1 heterocycles. The molecule has 116 valence electrons. The number of ether oxygens (including phenoxy) is 1. The molecular formula is C17H26N2O2. The standard InChI is InChI=1S/C17H26N2O2/c1-14(17(18)20)12-15-6-5-7-16(13-15)21-11-10-19-8-3-2-4-9-19/h5-7,13-14H,2-4,8-12H2,1H3,(H2,18,20). The number of hydrogen-bond acceptors (Lipinski definition) is 3. The molecule has 1 aromatic carbocycles. The molecule has 2 rings (SSSR count). The largest absolute Gasteiger partial charge is 0.492 e. The van der Waals surface area contributed by atoms with E-state index in [0.717, 1.165) is 24.5 Å². The van der Waals surface area contributed by atoms with Crippen LogP contribution in [0.2, 0.25) is 0 Å². The Bertz CT molecular complexity index is 456. The van der Waals surface area contributed by atoms with Crippen molar-refractivity contribution in [1.29, 1.82) is 0 Å². The van der Waals surface area contributed by atoms with E-state index in [2.05, 4.69) is 4.90 Å². The van der Waals surface area contributed by atoms with Crippen LogP contribution in [0.1, 0.15) is 31.7 Å². The van der Waals surface area contributed by atoms with Crippen molar-refractivity contribution in [3.05, 3.63) is 29.8 Å². The summed E-state index contributed by atoms with van der Waals surface area (Å²) in [6, 6.07) is 7.96. The van der Waals surface area contributed by atoms with Crippen LogP contribution in [-0.4, -0.2) is 37.0 Å². The highest BCUT2D eigenvalue weighted by molar-refractivity contribution is 5.76. The number of piperidine rings is 1. The molecule has 1 unspecified atom stereocenters. The first-order valence-corrected chi connectivity index (χ1v) is 7.88. The molecule has 21 heavy (non-hydrogen) atoms. The zero-order valence-corrected chi connectivity index (χ0v) is 12.9. The highest BCUT2D eigenvalue weighted by Crippen LogP contribution is 2.16. The minimum Gasteiger partial charge on any atom is -0.492 e. The van der Waals surface area contributed by atoms with E-state index in [4.69, 9.17) is 10.5 Å². The summed E-state index contributed by atoms with van der Waals surface area (Å²) in [6.45, 7) is 5.95. The third-order valence-corrected chi connectivity index (χ3v) is 4.05. The van der Waals surface area contributed by atoms with Gasteiger partial charge >= 0.3 is 0 Å². The van der Waals surface area contributed by atoms with Crippen LogP contribution in [0.5, 0.6) is 5.75 Å². The normalized spacial score (nSPS) is 17.4. The van der Waals surface area contributed by atoms with E-state index in [0.29, 0.717) is 6.42 Å². The molecule has 0 aliphatic carbocycles. The highest BCUT2D eigenvalue weighted by Gasteiger charge is 2.11. The van der Waals surface area contributed by atoms with Crippen LogP contribution in [0, 0.1) is 5.92 Å². The van der Waals surface area contributed by atoms with Gasteiger partial charge in [0.15, 0.2) is 0 Å². The lowest BCUT2D eigenvalue weighted by Crippen LogP contribution is -2.33. The second kappa shape index (κ2) is 8.03. The van der Waals surface area contributed by atoms with Crippen molar-refractivity contribution >= 4 is 5.91 Å². The Kier molecular flexibility index (Phi) is 6.05. The van der Waals surface area contributed by atoms with Gasteiger partial charge in [-0.3, -0.25) is 9.69 Å². The second-order valence-corrected chi connectivity index (χ2v) is 5.91. The summed E-state index contributed by atoms with van der Waals surface area (Å²) < 4.78 is 5.83. The van der Waals surface area contributed by atoms with E-state index in [-0.39, 0.29) is 11.8 Å². The fourth-order valence-corrected chi connectivity index (χ4v) is 2.69. The lowest BCUT2D eigenvalue weighted by Gasteiger charge is -2.26. The molecule has 0 spiro atoms. The topological polar surface area (TPSA) is 55.6 Å². The summed E-state index contributed by atoms with van der Waals surface area (Å²) in [5.41, 5.74) is 6.40. The van der Waals surface area contributed by atoms with E-state index in [1.165, 1.54) is 32.4 Å². The number of hydrogen-bond donors (Lipinski definition) is 1. The van der Waals surface area contributed by atoms with Gasteiger partial charge < -0.3 is 10.5 Å². The van der Waals surface area contributed by atoms with Crippen LogP contribution in [0.4, 0.5) is 0 Å². The number of amides is 1. The quantitative estimate of drug-likeness (QED) is 0.837. The van der Waals surface area contributed by atoms with Gasteiger partial charge in [0.2, 0.25) is 5.91 Å². The summed E-state index contributed by atoms with van der Waals surface area (Å²) >= 11 is 0. The van der Waals surface area contributed by atoms with Crippen LogP contribution in [0.15, 0.2) is 24.3 Å². The van der Waals surface area contributed by atoms with Crippen LogP contribution >= 0.6 is 0 Å². The first-order valence-electron chi connectivity index (χ1n) is 7.88. The number of primary amides is 1. The van der Waals surface area contributed by atoms with Gasteiger partial charge in [-0.2, -0.15) is 0 Å². The predicted octanol–water partition coefficient (Wildman–Crippen LogP) is 2.22. The van der Waals surface area contributed by atoms with Crippen molar-refractivity contribution in [3.8, 4) is 5.75 Å². The lowest BCUT2D eigenvalue weighted by molar-refractivity contribution is -0.121. The number of likely N-dealkylation sites (tertiary alicyclic amines) is 1. The number of nitrogens with zero attached hydrogens (tertiary/aromatic N) is 1. The van der Waals surface area contributed by atoms with Gasteiger partial charge in [0.1, 0.15) is 12.4 Å². The fraction of sp³-hybridized carbons (Fsp3) is 0.588.